The van der Waals surface area contributed by atoms with Crippen molar-refractivity contribution in [3.05, 3.63) is 11.6 Å². The topological polar surface area (TPSA) is 52.6 Å². The molecular weight excluding hydrogens is 256 g/mol. The van der Waals surface area contributed by atoms with E-state index in [1.54, 1.807) is 19.9 Å². The van der Waals surface area contributed by atoms with Crippen LogP contribution in [0.4, 0.5) is 0 Å². The van der Waals surface area contributed by atoms with Crippen LogP contribution < -0.4 is 0 Å². The summed E-state index contributed by atoms with van der Waals surface area (Å²) in [6.45, 7) is 4.38. The smallest absolute Gasteiger partial charge is 0.330 e. The Labute approximate surface area is 121 Å². The van der Waals surface area contributed by atoms with Crippen molar-refractivity contribution in [3.63, 3.8) is 0 Å². The molecule has 0 aliphatic heterocycles. The van der Waals surface area contributed by atoms with Crippen molar-refractivity contribution in [2.24, 2.45) is 5.92 Å². The van der Waals surface area contributed by atoms with Crippen LogP contribution in [-0.2, 0) is 19.1 Å². The third kappa shape index (κ3) is 6.22. The zero-order valence-corrected chi connectivity index (χ0v) is 12.7. The van der Waals surface area contributed by atoms with Crippen molar-refractivity contribution in [2.75, 3.05) is 13.2 Å². The van der Waals surface area contributed by atoms with Gasteiger partial charge in [-0.3, -0.25) is 4.79 Å². The number of hydrogen-bond donors (Lipinski definition) is 0. The van der Waals surface area contributed by atoms with Gasteiger partial charge in [-0.2, -0.15) is 0 Å². The monoisotopic (exact) mass is 282 g/mol. The summed E-state index contributed by atoms with van der Waals surface area (Å²) in [7, 11) is 0. The largest absolute Gasteiger partial charge is 0.466 e. The highest BCUT2D eigenvalue weighted by Crippen LogP contribution is 2.32. The van der Waals surface area contributed by atoms with Crippen molar-refractivity contribution in [3.8, 4) is 0 Å². The Bertz CT molecular complexity index is 340. The molecule has 0 saturated heterocycles. The lowest BCUT2D eigenvalue weighted by Crippen LogP contribution is -2.14. The molecule has 1 saturated carbocycles. The standard InChI is InChI=1S/C16H26O4/c1-3-19-15(17)11-10-14(12-16(18)20-4-2)13-8-6-5-7-9-13/h12-13H,3-11H2,1-2H3. The second-order valence-corrected chi connectivity index (χ2v) is 5.11. The fourth-order valence-corrected chi connectivity index (χ4v) is 2.68. The van der Waals surface area contributed by atoms with Crippen molar-refractivity contribution in [1.82, 2.24) is 0 Å². The van der Waals surface area contributed by atoms with E-state index in [2.05, 4.69) is 0 Å². The molecule has 0 heterocycles. The summed E-state index contributed by atoms with van der Waals surface area (Å²) >= 11 is 0. The Morgan fingerprint density at radius 3 is 2.25 bits per heavy atom. The summed E-state index contributed by atoms with van der Waals surface area (Å²) in [6, 6.07) is 0. The predicted molar refractivity (Wildman–Crippen MR) is 77.2 cm³/mol. The maximum absolute atomic E-state index is 11.7. The van der Waals surface area contributed by atoms with Gasteiger partial charge in [0.05, 0.1) is 13.2 Å². The number of allylic oxidation sites excluding steroid dienone is 1. The molecule has 0 N–H and O–H groups in total. The second kappa shape index (κ2) is 9.56. The second-order valence-electron chi connectivity index (χ2n) is 5.11. The number of carbonyl (C=O) groups is 2. The van der Waals surface area contributed by atoms with Gasteiger partial charge in [0.1, 0.15) is 0 Å². The van der Waals surface area contributed by atoms with Gasteiger partial charge in [0.15, 0.2) is 0 Å². The fourth-order valence-electron chi connectivity index (χ4n) is 2.68. The van der Waals surface area contributed by atoms with Gasteiger partial charge in [0.2, 0.25) is 0 Å². The molecule has 0 amide bonds. The van der Waals surface area contributed by atoms with Crippen LogP contribution in [0.25, 0.3) is 0 Å². The lowest BCUT2D eigenvalue weighted by atomic mass is 9.82. The van der Waals surface area contributed by atoms with Crippen LogP contribution in [0.5, 0.6) is 0 Å². The Balaban J connectivity index is 2.62. The molecule has 0 bridgehead atoms. The lowest BCUT2D eigenvalue weighted by molar-refractivity contribution is -0.143. The van der Waals surface area contributed by atoms with Gasteiger partial charge in [-0.15, -0.1) is 0 Å². The molecule has 1 fully saturated rings. The quantitative estimate of drug-likeness (QED) is 0.530. The molecule has 0 atom stereocenters. The summed E-state index contributed by atoms with van der Waals surface area (Å²) in [5.74, 6) is -0.0717. The van der Waals surface area contributed by atoms with Crippen LogP contribution in [0.15, 0.2) is 11.6 Å². The molecule has 20 heavy (non-hydrogen) atoms. The first-order chi connectivity index (χ1) is 9.67. The maximum atomic E-state index is 11.7. The summed E-state index contributed by atoms with van der Waals surface area (Å²) in [4.78, 5) is 23.1. The van der Waals surface area contributed by atoms with Crippen LogP contribution in [-0.4, -0.2) is 25.2 Å². The number of rotatable bonds is 7. The average molecular weight is 282 g/mol. The zero-order valence-electron chi connectivity index (χ0n) is 12.7. The van der Waals surface area contributed by atoms with E-state index in [0.29, 0.717) is 32.0 Å². The summed E-state index contributed by atoms with van der Waals surface area (Å²) in [5, 5.41) is 0. The van der Waals surface area contributed by atoms with Crippen molar-refractivity contribution < 1.29 is 19.1 Å². The van der Waals surface area contributed by atoms with Crippen LogP contribution in [0, 0.1) is 5.92 Å². The molecule has 0 aromatic carbocycles. The first-order valence-corrected chi connectivity index (χ1v) is 7.70. The average Bonchev–Trinajstić information content (AvgIpc) is 2.45. The van der Waals surface area contributed by atoms with E-state index in [1.807, 2.05) is 0 Å². The molecule has 0 aromatic heterocycles. The lowest BCUT2D eigenvalue weighted by Gasteiger charge is -2.24. The first-order valence-electron chi connectivity index (χ1n) is 7.70. The summed E-state index contributed by atoms with van der Waals surface area (Å²) < 4.78 is 9.94. The number of hydrogen-bond acceptors (Lipinski definition) is 4. The zero-order chi connectivity index (χ0) is 14.8. The highest BCUT2D eigenvalue weighted by Gasteiger charge is 2.20. The van der Waals surface area contributed by atoms with Crippen molar-refractivity contribution >= 4 is 11.9 Å². The predicted octanol–water partition coefficient (Wildman–Crippen LogP) is 3.40. The van der Waals surface area contributed by atoms with Crippen LogP contribution in [0.2, 0.25) is 0 Å². The fraction of sp³-hybridized carbons (Fsp3) is 0.750. The molecule has 1 aliphatic carbocycles. The van der Waals surface area contributed by atoms with Gasteiger partial charge >= 0.3 is 11.9 Å². The Hall–Kier alpha value is -1.32. The van der Waals surface area contributed by atoms with Crippen molar-refractivity contribution in [2.45, 2.75) is 58.8 Å². The molecule has 4 heteroatoms. The molecule has 0 radical (unpaired) electrons. The highest BCUT2D eigenvalue weighted by atomic mass is 16.5. The number of esters is 2. The molecule has 114 valence electrons. The third-order valence-corrected chi connectivity index (χ3v) is 3.64. The molecule has 0 spiro atoms. The minimum Gasteiger partial charge on any atom is -0.466 e. The highest BCUT2D eigenvalue weighted by molar-refractivity contribution is 5.83. The first kappa shape index (κ1) is 16.7. The number of ether oxygens (including phenoxy) is 2. The minimum atomic E-state index is -0.295. The normalized spacial score (nSPS) is 16.8. The van der Waals surface area contributed by atoms with Crippen LogP contribution in [0.1, 0.15) is 58.8 Å². The van der Waals surface area contributed by atoms with E-state index in [1.165, 1.54) is 19.3 Å². The molecular formula is C16H26O4. The SMILES string of the molecule is CCOC(=O)C=C(CCC(=O)OCC)C1CCCCC1. The van der Waals surface area contributed by atoms with Gasteiger partial charge in [-0.25, -0.2) is 4.79 Å². The summed E-state index contributed by atoms with van der Waals surface area (Å²) in [5.41, 5.74) is 1.05. The molecule has 1 aliphatic rings. The maximum Gasteiger partial charge on any atom is 0.330 e. The van der Waals surface area contributed by atoms with Gasteiger partial charge < -0.3 is 9.47 Å². The minimum absolute atomic E-state index is 0.196. The van der Waals surface area contributed by atoms with Gasteiger partial charge in [0, 0.05) is 12.5 Å². The molecule has 0 unspecified atom stereocenters. The van der Waals surface area contributed by atoms with E-state index in [9.17, 15) is 9.59 Å². The van der Waals surface area contributed by atoms with E-state index in [4.69, 9.17) is 9.47 Å². The van der Waals surface area contributed by atoms with E-state index >= 15 is 0 Å². The number of carbonyl (C=O) groups excluding carboxylic acids is 2. The summed E-state index contributed by atoms with van der Waals surface area (Å²) in [6.07, 6.45) is 8.41. The van der Waals surface area contributed by atoms with Crippen LogP contribution >= 0.6 is 0 Å². The van der Waals surface area contributed by atoms with Crippen LogP contribution in [0.3, 0.4) is 0 Å². The molecule has 4 nitrogen and oxygen atoms in total. The molecule has 0 aromatic rings. The van der Waals surface area contributed by atoms with Gasteiger partial charge in [0.25, 0.3) is 0 Å². The van der Waals surface area contributed by atoms with Gasteiger partial charge in [-0.1, -0.05) is 24.8 Å². The Morgan fingerprint density at radius 2 is 1.65 bits per heavy atom. The Morgan fingerprint density at radius 1 is 1.00 bits per heavy atom. The van der Waals surface area contributed by atoms with Gasteiger partial charge in [-0.05, 0) is 39.0 Å². The van der Waals surface area contributed by atoms with Crippen molar-refractivity contribution in [1.29, 1.82) is 0 Å². The van der Waals surface area contributed by atoms with E-state index in [0.717, 1.165) is 18.4 Å². The van der Waals surface area contributed by atoms with E-state index < -0.39 is 0 Å². The molecule has 1 rings (SSSR count). The van der Waals surface area contributed by atoms with E-state index in [-0.39, 0.29) is 11.9 Å². The third-order valence-electron chi connectivity index (χ3n) is 3.64. The Kier molecular flexibility index (Phi) is 8.00.